The highest BCUT2D eigenvalue weighted by atomic mass is 16.1. The molecule has 1 amide bonds. The van der Waals surface area contributed by atoms with Crippen molar-refractivity contribution < 1.29 is 4.79 Å². The van der Waals surface area contributed by atoms with Crippen LogP contribution in [0.25, 0.3) is 0 Å². The highest BCUT2D eigenvalue weighted by molar-refractivity contribution is 5.92. The van der Waals surface area contributed by atoms with Gasteiger partial charge in [0.05, 0.1) is 6.17 Å². The molecule has 0 aromatic rings. The summed E-state index contributed by atoms with van der Waals surface area (Å²) in [6, 6.07) is 0. The number of piperidine rings is 1. The minimum Gasteiger partial charge on any atom is -0.375 e. The van der Waals surface area contributed by atoms with Crippen LogP contribution in [0, 0.1) is 0 Å². The largest absolute Gasteiger partial charge is 0.375 e. The number of hydrogen-bond donors (Lipinski definition) is 2. The molecule has 13 heavy (non-hydrogen) atoms. The summed E-state index contributed by atoms with van der Waals surface area (Å²) in [6.45, 7) is 1.79. The standard InChI is InChI=1S/C9H15N3O/c10-9(13)7-5-11-8-3-1-2-4-12(8)6-7/h5,8,11H,1-4,6H2,(H2,10,13). The van der Waals surface area contributed by atoms with Crippen LogP contribution in [0.4, 0.5) is 0 Å². The normalized spacial score (nSPS) is 28.6. The average molecular weight is 181 g/mol. The monoisotopic (exact) mass is 181 g/mol. The maximum absolute atomic E-state index is 10.9. The second kappa shape index (κ2) is 3.38. The molecule has 4 nitrogen and oxygen atoms in total. The average Bonchev–Trinajstić information content (AvgIpc) is 2.17. The molecule has 3 N–H and O–H groups in total. The van der Waals surface area contributed by atoms with Gasteiger partial charge in [0.1, 0.15) is 0 Å². The quantitative estimate of drug-likeness (QED) is 0.587. The summed E-state index contributed by atoms with van der Waals surface area (Å²) >= 11 is 0. The van der Waals surface area contributed by atoms with Crippen LogP contribution >= 0.6 is 0 Å². The third kappa shape index (κ3) is 1.67. The lowest BCUT2D eigenvalue weighted by Crippen LogP contribution is -2.51. The molecule has 0 saturated carbocycles. The van der Waals surface area contributed by atoms with Crippen molar-refractivity contribution in [2.45, 2.75) is 25.4 Å². The zero-order valence-electron chi connectivity index (χ0n) is 7.62. The molecule has 1 unspecified atom stereocenters. The van der Waals surface area contributed by atoms with E-state index in [-0.39, 0.29) is 5.91 Å². The smallest absolute Gasteiger partial charge is 0.247 e. The molecule has 2 rings (SSSR count). The number of amides is 1. The van der Waals surface area contributed by atoms with Crippen LogP contribution in [0.2, 0.25) is 0 Å². The van der Waals surface area contributed by atoms with E-state index in [1.165, 1.54) is 19.3 Å². The molecule has 2 aliphatic heterocycles. The van der Waals surface area contributed by atoms with Gasteiger partial charge in [-0.3, -0.25) is 9.69 Å². The van der Waals surface area contributed by atoms with Crippen LogP contribution in [0.5, 0.6) is 0 Å². The maximum Gasteiger partial charge on any atom is 0.247 e. The first-order valence-electron chi connectivity index (χ1n) is 4.76. The van der Waals surface area contributed by atoms with Gasteiger partial charge >= 0.3 is 0 Å². The summed E-state index contributed by atoms with van der Waals surface area (Å²) in [5.74, 6) is -0.309. The molecule has 0 radical (unpaired) electrons. The summed E-state index contributed by atoms with van der Waals surface area (Å²) < 4.78 is 0. The Morgan fingerprint density at radius 2 is 2.46 bits per heavy atom. The van der Waals surface area contributed by atoms with Crippen molar-refractivity contribution in [3.63, 3.8) is 0 Å². The van der Waals surface area contributed by atoms with E-state index >= 15 is 0 Å². The van der Waals surface area contributed by atoms with E-state index < -0.39 is 0 Å². The van der Waals surface area contributed by atoms with E-state index in [2.05, 4.69) is 10.2 Å². The number of carbonyl (C=O) groups is 1. The van der Waals surface area contributed by atoms with E-state index in [1.54, 1.807) is 6.20 Å². The van der Waals surface area contributed by atoms with Gasteiger partial charge in [0.25, 0.3) is 0 Å². The van der Waals surface area contributed by atoms with Crippen LogP contribution < -0.4 is 11.1 Å². The van der Waals surface area contributed by atoms with Gasteiger partial charge in [0.2, 0.25) is 5.91 Å². The molecule has 2 heterocycles. The van der Waals surface area contributed by atoms with Crippen LogP contribution in [-0.4, -0.2) is 30.1 Å². The Morgan fingerprint density at radius 1 is 1.62 bits per heavy atom. The summed E-state index contributed by atoms with van der Waals surface area (Å²) in [7, 11) is 0. The first-order valence-corrected chi connectivity index (χ1v) is 4.76. The van der Waals surface area contributed by atoms with Crippen molar-refractivity contribution in [1.29, 1.82) is 0 Å². The Morgan fingerprint density at radius 3 is 3.23 bits per heavy atom. The highest BCUT2D eigenvalue weighted by Gasteiger charge is 2.26. The zero-order chi connectivity index (χ0) is 9.26. The lowest BCUT2D eigenvalue weighted by molar-refractivity contribution is -0.115. The fourth-order valence-corrected chi connectivity index (χ4v) is 1.98. The summed E-state index contributed by atoms with van der Waals surface area (Å²) in [4.78, 5) is 13.2. The zero-order valence-corrected chi connectivity index (χ0v) is 7.62. The molecule has 1 saturated heterocycles. The highest BCUT2D eigenvalue weighted by Crippen LogP contribution is 2.19. The fraction of sp³-hybridized carbons (Fsp3) is 0.667. The Kier molecular flexibility index (Phi) is 2.22. The first-order chi connectivity index (χ1) is 6.27. The van der Waals surface area contributed by atoms with Crippen LogP contribution in [0.3, 0.4) is 0 Å². The van der Waals surface area contributed by atoms with Gasteiger partial charge in [-0.15, -0.1) is 0 Å². The van der Waals surface area contributed by atoms with Crippen molar-refractivity contribution in [2.75, 3.05) is 13.1 Å². The lowest BCUT2D eigenvalue weighted by Gasteiger charge is -2.38. The molecule has 0 aliphatic carbocycles. The number of nitrogens with two attached hydrogens (primary N) is 1. The lowest BCUT2D eigenvalue weighted by atomic mass is 10.0. The molecule has 1 atom stereocenters. The number of carbonyl (C=O) groups excluding carboxylic acids is 1. The molecule has 0 aromatic heterocycles. The van der Waals surface area contributed by atoms with Crippen molar-refractivity contribution in [2.24, 2.45) is 5.73 Å². The molecule has 4 heteroatoms. The van der Waals surface area contributed by atoms with Gasteiger partial charge in [0, 0.05) is 24.9 Å². The molecule has 0 spiro atoms. The van der Waals surface area contributed by atoms with E-state index in [4.69, 9.17) is 5.73 Å². The molecule has 0 bridgehead atoms. The fourth-order valence-electron chi connectivity index (χ4n) is 1.98. The molecule has 0 aromatic carbocycles. The minimum atomic E-state index is -0.309. The van der Waals surface area contributed by atoms with E-state index in [1.807, 2.05) is 0 Å². The molecule has 1 fully saturated rings. The third-order valence-electron chi connectivity index (χ3n) is 2.75. The third-order valence-corrected chi connectivity index (χ3v) is 2.75. The van der Waals surface area contributed by atoms with Crippen LogP contribution in [0.15, 0.2) is 11.8 Å². The Labute approximate surface area is 77.8 Å². The second-order valence-corrected chi connectivity index (χ2v) is 3.68. The molecular weight excluding hydrogens is 166 g/mol. The molecule has 72 valence electrons. The Balaban J connectivity index is 2.06. The number of nitrogens with one attached hydrogen (secondary N) is 1. The number of nitrogens with zero attached hydrogens (tertiary/aromatic N) is 1. The maximum atomic E-state index is 10.9. The van der Waals surface area contributed by atoms with Gasteiger partial charge < -0.3 is 11.1 Å². The number of fused-ring (bicyclic) bond motifs is 1. The number of rotatable bonds is 1. The topological polar surface area (TPSA) is 58.4 Å². The Bertz CT molecular complexity index is 249. The van der Waals surface area contributed by atoms with Crippen molar-refractivity contribution in [3.8, 4) is 0 Å². The number of primary amides is 1. The van der Waals surface area contributed by atoms with Crippen molar-refractivity contribution in [1.82, 2.24) is 10.2 Å². The van der Waals surface area contributed by atoms with Crippen molar-refractivity contribution in [3.05, 3.63) is 11.8 Å². The predicted molar refractivity (Wildman–Crippen MR) is 49.6 cm³/mol. The van der Waals surface area contributed by atoms with Crippen LogP contribution in [-0.2, 0) is 4.79 Å². The van der Waals surface area contributed by atoms with Gasteiger partial charge in [-0.2, -0.15) is 0 Å². The number of hydrogen-bond acceptors (Lipinski definition) is 3. The van der Waals surface area contributed by atoms with Gasteiger partial charge in [-0.1, -0.05) is 0 Å². The molecule has 2 aliphatic rings. The van der Waals surface area contributed by atoms with Crippen LogP contribution in [0.1, 0.15) is 19.3 Å². The van der Waals surface area contributed by atoms with Crippen molar-refractivity contribution >= 4 is 5.91 Å². The molecular formula is C9H15N3O. The van der Waals surface area contributed by atoms with E-state index in [0.717, 1.165) is 6.54 Å². The van der Waals surface area contributed by atoms with Gasteiger partial charge in [-0.05, 0) is 19.3 Å². The minimum absolute atomic E-state index is 0.309. The Hall–Kier alpha value is -1.03. The first kappa shape index (κ1) is 8.56. The summed E-state index contributed by atoms with van der Waals surface area (Å²) in [5.41, 5.74) is 5.91. The SMILES string of the molecule is NC(=O)C1=CNC2CCCCN2C1. The summed E-state index contributed by atoms with van der Waals surface area (Å²) in [5, 5.41) is 3.22. The van der Waals surface area contributed by atoms with E-state index in [0.29, 0.717) is 18.3 Å². The predicted octanol–water partition coefficient (Wildman–Crippen LogP) is -0.229. The van der Waals surface area contributed by atoms with E-state index in [9.17, 15) is 4.79 Å². The van der Waals surface area contributed by atoms with Gasteiger partial charge in [-0.25, -0.2) is 0 Å². The second-order valence-electron chi connectivity index (χ2n) is 3.68. The summed E-state index contributed by atoms with van der Waals surface area (Å²) in [6.07, 6.45) is 5.87. The van der Waals surface area contributed by atoms with Gasteiger partial charge in [0.15, 0.2) is 0 Å².